The van der Waals surface area contributed by atoms with Crippen LogP contribution in [0.5, 0.6) is 0 Å². The smallest absolute Gasteiger partial charge is 0.475 e. The quantitative estimate of drug-likeness (QED) is 0.603. The fourth-order valence-corrected chi connectivity index (χ4v) is 2.05. The van der Waals surface area contributed by atoms with E-state index < -0.39 is 29.7 Å². The fraction of sp³-hybridized carbons (Fsp3) is 0.125. The minimum atomic E-state index is -5.08. The Hall–Kier alpha value is -3.11. The summed E-state index contributed by atoms with van der Waals surface area (Å²) in [6.07, 6.45) is -8.37. The number of fused-ring (bicyclic) bond motifs is 1. The molecule has 3 aromatic rings. The topological polar surface area (TPSA) is 55.1 Å². The van der Waals surface area contributed by atoms with Gasteiger partial charge in [-0.25, -0.2) is 14.2 Å². The van der Waals surface area contributed by atoms with Gasteiger partial charge in [-0.2, -0.15) is 26.3 Å². The molecular weight excluding hydrogens is 385 g/mol. The maximum absolute atomic E-state index is 14.0. The predicted octanol–water partition coefficient (Wildman–Crippen LogP) is 4.82. The summed E-state index contributed by atoms with van der Waals surface area (Å²) in [5.41, 5.74) is -0.403. The van der Waals surface area contributed by atoms with Crippen LogP contribution in [0, 0.1) is 5.82 Å². The number of hydrogen-bond donors (Lipinski definition) is 1. The number of carboxylic acid groups (broad SMARTS) is 1. The van der Waals surface area contributed by atoms with Gasteiger partial charge in [0.1, 0.15) is 17.7 Å². The number of hydrogen-bond acceptors (Lipinski definition) is 2. The molecule has 4 nitrogen and oxygen atoms in total. The fourth-order valence-electron chi connectivity index (χ4n) is 2.05. The van der Waals surface area contributed by atoms with Gasteiger partial charge in [0.2, 0.25) is 0 Å². The first-order chi connectivity index (χ1) is 12.4. The summed E-state index contributed by atoms with van der Waals surface area (Å²) in [6, 6.07) is 10.1. The third-order valence-electron chi connectivity index (χ3n) is 3.20. The molecule has 0 aliphatic heterocycles. The zero-order valence-electron chi connectivity index (χ0n) is 13.0. The van der Waals surface area contributed by atoms with Gasteiger partial charge in [-0.05, 0) is 24.3 Å². The number of benzene rings is 2. The molecule has 0 amide bonds. The van der Waals surface area contributed by atoms with Crippen LogP contribution in [0.15, 0.2) is 48.8 Å². The van der Waals surface area contributed by atoms with Crippen molar-refractivity contribution in [2.75, 3.05) is 0 Å². The minimum Gasteiger partial charge on any atom is -0.475 e. The van der Waals surface area contributed by atoms with Crippen LogP contribution in [0.3, 0.4) is 0 Å². The van der Waals surface area contributed by atoms with E-state index in [-0.39, 0.29) is 11.0 Å². The Morgan fingerprint density at radius 1 is 1.00 bits per heavy atom. The van der Waals surface area contributed by atoms with Crippen molar-refractivity contribution in [3.63, 3.8) is 0 Å². The van der Waals surface area contributed by atoms with Crippen LogP contribution in [-0.4, -0.2) is 26.8 Å². The molecule has 0 saturated carbocycles. The predicted molar refractivity (Wildman–Crippen MR) is 79.7 cm³/mol. The van der Waals surface area contributed by atoms with Crippen molar-refractivity contribution in [2.24, 2.45) is 0 Å². The number of carbonyl (C=O) groups is 1. The maximum atomic E-state index is 14.0. The summed E-state index contributed by atoms with van der Waals surface area (Å²) in [4.78, 5) is 12.7. The van der Waals surface area contributed by atoms with Crippen molar-refractivity contribution in [1.82, 2.24) is 9.55 Å². The molecule has 1 heterocycles. The van der Waals surface area contributed by atoms with E-state index in [4.69, 9.17) is 9.90 Å². The van der Waals surface area contributed by atoms with Crippen LogP contribution in [0.2, 0.25) is 0 Å². The number of imidazole rings is 1. The summed E-state index contributed by atoms with van der Waals surface area (Å²) >= 11 is 0. The molecule has 0 spiro atoms. The average Bonchev–Trinajstić information content (AvgIpc) is 2.99. The molecule has 1 aromatic heterocycles. The molecule has 144 valence electrons. The molecule has 27 heavy (non-hydrogen) atoms. The Balaban J connectivity index is 0.000000321. The lowest BCUT2D eigenvalue weighted by Crippen LogP contribution is -2.21. The van der Waals surface area contributed by atoms with Gasteiger partial charge in [-0.3, -0.25) is 4.57 Å². The number of rotatable bonds is 1. The molecule has 2 aromatic carbocycles. The summed E-state index contributed by atoms with van der Waals surface area (Å²) in [5.74, 6) is -3.70. The van der Waals surface area contributed by atoms with Crippen LogP contribution < -0.4 is 0 Å². The van der Waals surface area contributed by atoms with Gasteiger partial charge in [-0.15, -0.1) is 0 Å². The lowest BCUT2D eigenvalue weighted by Gasteiger charge is -2.08. The first kappa shape index (κ1) is 20.2. The van der Waals surface area contributed by atoms with Crippen molar-refractivity contribution in [3.8, 4) is 5.69 Å². The average molecular weight is 394 g/mol. The van der Waals surface area contributed by atoms with Crippen LogP contribution in [0.4, 0.5) is 30.7 Å². The van der Waals surface area contributed by atoms with Crippen LogP contribution >= 0.6 is 0 Å². The normalized spacial score (nSPS) is 11.8. The maximum Gasteiger partial charge on any atom is 0.490 e. The highest BCUT2D eigenvalue weighted by atomic mass is 19.4. The number of halogens is 7. The van der Waals surface area contributed by atoms with Gasteiger partial charge < -0.3 is 5.11 Å². The van der Waals surface area contributed by atoms with E-state index in [9.17, 15) is 30.7 Å². The first-order valence-corrected chi connectivity index (χ1v) is 7.00. The zero-order valence-corrected chi connectivity index (χ0v) is 13.0. The molecule has 0 atom stereocenters. The number of aromatic nitrogens is 2. The third kappa shape index (κ3) is 4.74. The monoisotopic (exact) mass is 394 g/mol. The van der Waals surface area contributed by atoms with E-state index in [2.05, 4.69) is 4.98 Å². The highest BCUT2D eigenvalue weighted by Crippen LogP contribution is 2.33. The second-order valence-electron chi connectivity index (χ2n) is 5.08. The molecule has 0 radical (unpaired) electrons. The van der Waals surface area contributed by atoms with Gasteiger partial charge in [0.15, 0.2) is 0 Å². The summed E-state index contributed by atoms with van der Waals surface area (Å²) in [5, 5.41) is 7.12. The molecular formula is C16H9F7N2O2. The van der Waals surface area contributed by atoms with Crippen molar-refractivity contribution in [3.05, 3.63) is 60.2 Å². The number of carboxylic acids is 1. The number of aliphatic carboxylic acids is 1. The van der Waals surface area contributed by atoms with Gasteiger partial charge >= 0.3 is 18.3 Å². The lowest BCUT2D eigenvalue weighted by atomic mass is 10.2. The van der Waals surface area contributed by atoms with E-state index in [0.29, 0.717) is 11.8 Å². The van der Waals surface area contributed by atoms with Crippen LogP contribution in [-0.2, 0) is 11.0 Å². The molecule has 0 unspecified atom stereocenters. The second kappa shape index (κ2) is 7.25. The molecule has 1 N–H and O–H groups in total. The highest BCUT2D eigenvalue weighted by Gasteiger charge is 2.38. The number of nitrogens with zero attached hydrogens (tertiary/aromatic N) is 2. The van der Waals surface area contributed by atoms with Crippen LogP contribution in [0.1, 0.15) is 5.56 Å². The van der Waals surface area contributed by atoms with E-state index in [1.165, 1.54) is 10.9 Å². The Bertz CT molecular complexity index is 947. The molecule has 0 fully saturated rings. The molecule has 0 bridgehead atoms. The van der Waals surface area contributed by atoms with E-state index >= 15 is 0 Å². The summed E-state index contributed by atoms with van der Waals surface area (Å²) in [6.45, 7) is 0. The number of alkyl halides is 6. The summed E-state index contributed by atoms with van der Waals surface area (Å²) < 4.78 is 85.0. The third-order valence-corrected chi connectivity index (χ3v) is 3.20. The molecule has 0 aliphatic rings. The van der Waals surface area contributed by atoms with Crippen molar-refractivity contribution in [2.45, 2.75) is 12.4 Å². The molecule has 11 heteroatoms. The summed E-state index contributed by atoms with van der Waals surface area (Å²) in [7, 11) is 0. The zero-order chi connectivity index (χ0) is 20.4. The minimum absolute atomic E-state index is 0.0267. The highest BCUT2D eigenvalue weighted by molar-refractivity contribution is 5.79. The van der Waals surface area contributed by atoms with Crippen LogP contribution in [0.25, 0.3) is 16.7 Å². The van der Waals surface area contributed by atoms with Crippen molar-refractivity contribution >= 4 is 17.0 Å². The van der Waals surface area contributed by atoms with Crippen molar-refractivity contribution < 1.29 is 40.6 Å². The Labute approximate surface area is 146 Å². The van der Waals surface area contributed by atoms with E-state index in [1.807, 2.05) is 0 Å². The van der Waals surface area contributed by atoms with E-state index in [1.54, 1.807) is 30.3 Å². The van der Waals surface area contributed by atoms with Gasteiger partial charge in [0.05, 0.1) is 11.1 Å². The van der Waals surface area contributed by atoms with Crippen molar-refractivity contribution in [1.29, 1.82) is 0 Å². The molecule has 0 aliphatic carbocycles. The Kier molecular flexibility index (Phi) is 5.43. The standard InChI is InChI=1S/C14H8F4N2.C2HF3O2/c15-11-6-9(14(16,17)18)7-12-13(11)20(8-19-12)10-4-2-1-3-5-10;3-2(4,5)1(6)7/h1-8H;(H,6,7). The van der Waals surface area contributed by atoms with Gasteiger partial charge in [0.25, 0.3) is 0 Å². The SMILES string of the molecule is Fc1cc(C(F)(F)F)cc2ncn(-c3ccccc3)c12.O=C(O)C(F)(F)F. The first-order valence-electron chi connectivity index (χ1n) is 7.00. The molecule has 0 saturated heterocycles. The lowest BCUT2D eigenvalue weighted by molar-refractivity contribution is -0.192. The number of para-hydroxylation sites is 1. The largest absolute Gasteiger partial charge is 0.490 e. The Morgan fingerprint density at radius 3 is 2.04 bits per heavy atom. The second-order valence-corrected chi connectivity index (χ2v) is 5.08. The Morgan fingerprint density at radius 2 is 1.56 bits per heavy atom. The van der Waals surface area contributed by atoms with E-state index in [0.717, 1.165) is 6.07 Å². The van der Waals surface area contributed by atoms with Gasteiger partial charge in [-0.1, -0.05) is 18.2 Å². The van der Waals surface area contributed by atoms with Gasteiger partial charge in [0, 0.05) is 5.69 Å². The molecule has 3 rings (SSSR count).